The van der Waals surface area contributed by atoms with Crippen molar-refractivity contribution in [2.24, 2.45) is 0 Å². The van der Waals surface area contributed by atoms with Crippen molar-refractivity contribution in [3.8, 4) is 17.0 Å². The minimum atomic E-state index is 0.245. The lowest BCUT2D eigenvalue weighted by Gasteiger charge is -2.10. The number of nitrogens with zero attached hydrogens (tertiary/aromatic N) is 1. The van der Waals surface area contributed by atoms with E-state index < -0.39 is 0 Å². The van der Waals surface area contributed by atoms with Gasteiger partial charge in [-0.25, -0.2) is 4.98 Å². The number of ether oxygens (including phenoxy) is 2. The highest BCUT2D eigenvalue weighted by Crippen LogP contribution is 2.31. The Morgan fingerprint density at radius 2 is 1.95 bits per heavy atom. The number of thiazole rings is 1. The Kier molecular flexibility index (Phi) is 4.98. The predicted octanol–water partition coefficient (Wildman–Crippen LogP) is 3.57. The monoisotopic (exact) mass is 292 g/mol. The normalized spacial score (nSPS) is 12.2. The molecule has 108 valence electrons. The van der Waals surface area contributed by atoms with Crippen molar-refractivity contribution in [1.29, 1.82) is 0 Å². The van der Waals surface area contributed by atoms with E-state index in [9.17, 15) is 0 Å². The molecule has 0 amide bonds. The average Bonchev–Trinajstić information content (AvgIpc) is 2.80. The summed E-state index contributed by atoms with van der Waals surface area (Å²) in [5, 5.41) is 4.28. The van der Waals surface area contributed by atoms with Crippen LogP contribution in [0.4, 0.5) is 5.13 Å². The van der Waals surface area contributed by atoms with Gasteiger partial charge in [-0.3, -0.25) is 0 Å². The summed E-state index contributed by atoms with van der Waals surface area (Å²) in [6.45, 7) is 4.83. The predicted molar refractivity (Wildman–Crippen MR) is 83.8 cm³/mol. The minimum Gasteiger partial charge on any atom is -0.497 e. The summed E-state index contributed by atoms with van der Waals surface area (Å²) in [6, 6.07) is 8.21. The highest BCUT2D eigenvalue weighted by Gasteiger charge is 2.11. The summed E-state index contributed by atoms with van der Waals surface area (Å²) in [5.74, 6) is 0.855. The van der Waals surface area contributed by atoms with Crippen molar-refractivity contribution in [1.82, 2.24) is 4.98 Å². The molecule has 0 aliphatic rings. The maximum Gasteiger partial charge on any atom is 0.183 e. The van der Waals surface area contributed by atoms with Crippen molar-refractivity contribution in [3.63, 3.8) is 0 Å². The first kappa shape index (κ1) is 14.8. The van der Waals surface area contributed by atoms with Crippen LogP contribution in [0, 0.1) is 6.92 Å². The van der Waals surface area contributed by atoms with E-state index in [2.05, 4.69) is 24.1 Å². The molecule has 2 rings (SSSR count). The van der Waals surface area contributed by atoms with E-state index in [1.807, 2.05) is 24.3 Å². The molecule has 1 aromatic carbocycles. The van der Waals surface area contributed by atoms with Gasteiger partial charge in [0.15, 0.2) is 5.13 Å². The van der Waals surface area contributed by atoms with E-state index in [1.165, 1.54) is 4.88 Å². The second-order valence-electron chi connectivity index (χ2n) is 4.65. The molecule has 0 fully saturated rings. The van der Waals surface area contributed by atoms with Gasteiger partial charge in [-0.15, -0.1) is 11.3 Å². The Labute approximate surface area is 123 Å². The highest BCUT2D eigenvalue weighted by molar-refractivity contribution is 7.16. The fourth-order valence-electron chi connectivity index (χ4n) is 1.98. The van der Waals surface area contributed by atoms with E-state index in [4.69, 9.17) is 9.47 Å². The van der Waals surface area contributed by atoms with Gasteiger partial charge in [-0.1, -0.05) is 0 Å². The number of aromatic nitrogens is 1. The molecule has 5 heteroatoms. The summed E-state index contributed by atoms with van der Waals surface area (Å²) in [6.07, 6.45) is 0. The Morgan fingerprint density at radius 3 is 2.55 bits per heavy atom. The molecule has 0 unspecified atom stereocenters. The van der Waals surface area contributed by atoms with Gasteiger partial charge < -0.3 is 14.8 Å². The number of anilines is 1. The number of aryl methyl sites for hydroxylation is 1. The Bertz CT molecular complexity index is 552. The maximum atomic E-state index is 5.18. The van der Waals surface area contributed by atoms with Crippen LogP contribution in [-0.4, -0.2) is 31.9 Å². The number of hydrogen-bond acceptors (Lipinski definition) is 5. The zero-order valence-electron chi connectivity index (χ0n) is 12.3. The Morgan fingerprint density at radius 1 is 1.25 bits per heavy atom. The number of benzene rings is 1. The van der Waals surface area contributed by atoms with Crippen LogP contribution in [0.1, 0.15) is 11.8 Å². The third kappa shape index (κ3) is 3.49. The molecule has 1 N–H and O–H groups in total. The van der Waals surface area contributed by atoms with E-state index in [1.54, 1.807) is 25.6 Å². The first-order valence-electron chi connectivity index (χ1n) is 6.51. The van der Waals surface area contributed by atoms with E-state index in [0.717, 1.165) is 22.1 Å². The van der Waals surface area contributed by atoms with Crippen molar-refractivity contribution in [2.45, 2.75) is 19.9 Å². The van der Waals surface area contributed by atoms with Crippen molar-refractivity contribution >= 4 is 16.5 Å². The van der Waals surface area contributed by atoms with Crippen LogP contribution in [0.25, 0.3) is 11.3 Å². The lowest BCUT2D eigenvalue weighted by Crippen LogP contribution is -2.20. The molecule has 0 saturated carbocycles. The first-order chi connectivity index (χ1) is 9.63. The van der Waals surface area contributed by atoms with Gasteiger partial charge in [-0.05, 0) is 38.1 Å². The molecular formula is C15H20N2O2S. The summed E-state index contributed by atoms with van der Waals surface area (Å²) >= 11 is 1.66. The zero-order chi connectivity index (χ0) is 14.5. The van der Waals surface area contributed by atoms with E-state index in [-0.39, 0.29) is 6.04 Å². The number of methoxy groups -OCH3 is 2. The molecule has 2 aromatic rings. The summed E-state index contributed by atoms with van der Waals surface area (Å²) < 4.78 is 10.3. The average molecular weight is 292 g/mol. The zero-order valence-corrected chi connectivity index (χ0v) is 13.1. The summed E-state index contributed by atoms with van der Waals surface area (Å²) in [5.41, 5.74) is 2.12. The number of rotatable bonds is 6. The van der Waals surface area contributed by atoms with Crippen molar-refractivity contribution in [3.05, 3.63) is 29.1 Å². The molecular weight excluding hydrogens is 272 g/mol. The molecule has 0 aliphatic heterocycles. The fraction of sp³-hybridized carbons (Fsp3) is 0.400. The topological polar surface area (TPSA) is 43.4 Å². The van der Waals surface area contributed by atoms with Crippen LogP contribution in [0.5, 0.6) is 5.75 Å². The maximum absolute atomic E-state index is 5.18. The molecule has 1 heterocycles. The third-order valence-electron chi connectivity index (χ3n) is 2.95. The van der Waals surface area contributed by atoms with Crippen LogP contribution >= 0.6 is 11.3 Å². The lowest BCUT2D eigenvalue weighted by molar-refractivity contribution is 0.190. The molecule has 0 saturated heterocycles. The molecule has 0 aliphatic carbocycles. The SMILES string of the molecule is COC[C@@H](C)Nc1nc(-c2ccc(OC)cc2)c(C)s1. The number of hydrogen-bond donors (Lipinski definition) is 1. The Balaban J connectivity index is 2.17. The third-order valence-corrected chi connectivity index (χ3v) is 3.85. The van der Waals surface area contributed by atoms with Crippen LogP contribution in [0.3, 0.4) is 0 Å². The number of nitrogens with one attached hydrogen (secondary N) is 1. The van der Waals surface area contributed by atoms with Crippen LogP contribution in [0.2, 0.25) is 0 Å². The van der Waals surface area contributed by atoms with Gasteiger partial charge in [0.2, 0.25) is 0 Å². The molecule has 1 atom stereocenters. The van der Waals surface area contributed by atoms with E-state index in [0.29, 0.717) is 6.61 Å². The van der Waals surface area contributed by atoms with Gasteiger partial charge in [0.1, 0.15) is 5.75 Å². The summed E-state index contributed by atoms with van der Waals surface area (Å²) in [7, 11) is 3.37. The van der Waals surface area contributed by atoms with Crippen molar-refractivity contribution in [2.75, 3.05) is 26.1 Å². The molecule has 0 spiro atoms. The second-order valence-corrected chi connectivity index (χ2v) is 5.86. The van der Waals surface area contributed by atoms with Crippen LogP contribution in [0.15, 0.2) is 24.3 Å². The second kappa shape index (κ2) is 6.72. The lowest BCUT2D eigenvalue weighted by atomic mass is 10.1. The van der Waals surface area contributed by atoms with Gasteiger partial charge in [0.25, 0.3) is 0 Å². The molecule has 20 heavy (non-hydrogen) atoms. The largest absolute Gasteiger partial charge is 0.497 e. The Hall–Kier alpha value is -1.59. The quantitative estimate of drug-likeness (QED) is 0.884. The van der Waals surface area contributed by atoms with Gasteiger partial charge in [-0.2, -0.15) is 0 Å². The molecule has 4 nitrogen and oxygen atoms in total. The summed E-state index contributed by atoms with van der Waals surface area (Å²) in [4.78, 5) is 5.87. The van der Waals surface area contributed by atoms with Gasteiger partial charge in [0, 0.05) is 23.6 Å². The van der Waals surface area contributed by atoms with E-state index >= 15 is 0 Å². The standard InChI is InChI=1S/C15H20N2O2S/c1-10(9-18-3)16-15-17-14(11(2)20-15)12-5-7-13(19-4)8-6-12/h5-8,10H,9H2,1-4H3,(H,16,17)/t10-/m1/s1. The van der Waals surface area contributed by atoms with Gasteiger partial charge >= 0.3 is 0 Å². The van der Waals surface area contributed by atoms with Gasteiger partial charge in [0.05, 0.1) is 19.4 Å². The molecule has 0 radical (unpaired) electrons. The highest BCUT2D eigenvalue weighted by atomic mass is 32.1. The smallest absolute Gasteiger partial charge is 0.183 e. The molecule has 0 bridgehead atoms. The van der Waals surface area contributed by atoms with Crippen molar-refractivity contribution < 1.29 is 9.47 Å². The minimum absolute atomic E-state index is 0.245. The first-order valence-corrected chi connectivity index (χ1v) is 7.33. The fourth-order valence-corrected chi connectivity index (χ4v) is 2.92. The van der Waals surface area contributed by atoms with Crippen LogP contribution in [-0.2, 0) is 4.74 Å². The van der Waals surface area contributed by atoms with Crippen LogP contribution < -0.4 is 10.1 Å². The molecule has 1 aromatic heterocycles.